The van der Waals surface area contributed by atoms with Gasteiger partial charge < -0.3 is 9.63 Å². The highest BCUT2D eigenvalue weighted by atomic mass is 16.5. The van der Waals surface area contributed by atoms with E-state index in [1.807, 2.05) is 19.9 Å². The van der Waals surface area contributed by atoms with E-state index in [0.717, 1.165) is 50.6 Å². The average Bonchev–Trinajstić information content (AvgIpc) is 2.76. The van der Waals surface area contributed by atoms with Crippen molar-refractivity contribution in [2.24, 2.45) is 0 Å². The fraction of sp³-hybridized carbons (Fsp3) is 0.786. The van der Waals surface area contributed by atoms with Gasteiger partial charge in [-0.25, -0.2) is 0 Å². The van der Waals surface area contributed by atoms with E-state index in [-0.39, 0.29) is 6.10 Å². The van der Waals surface area contributed by atoms with E-state index in [2.05, 4.69) is 21.9 Å². The number of piperazine rings is 1. The number of hydrogen-bond acceptors (Lipinski definition) is 5. The molecule has 0 saturated carbocycles. The summed E-state index contributed by atoms with van der Waals surface area (Å²) in [6.45, 7) is 10.7. The van der Waals surface area contributed by atoms with Crippen LogP contribution >= 0.6 is 0 Å². The van der Waals surface area contributed by atoms with Gasteiger partial charge >= 0.3 is 0 Å². The Morgan fingerprint density at radius 1 is 1.53 bits per heavy atom. The lowest BCUT2D eigenvalue weighted by atomic mass is 10.1. The summed E-state index contributed by atoms with van der Waals surface area (Å²) in [4.78, 5) is 4.81. The van der Waals surface area contributed by atoms with Crippen LogP contribution in [0.3, 0.4) is 0 Å². The maximum absolute atomic E-state index is 9.54. The molecule has 2 atom stereocenters. The largest absolute Gasteiger partial charge is 0.392 e. The summed E-state index contributed by atoms with van der Waals surface area (Å²) in [6.07, 6.45) is 0.857. The fourth-order valence-electron chi connectivity index (χ4n) is 2.78. The molecule has 5 nitrogen and oxygen atoms in total. The number of aliphatic hydroxyl groups is 1. The van der Waals surface area contributed by atoms with Crippen LogP contribution < -0.4 is 0 Å². The molecule has 0 spiro atoms. The van der Waals surface area contributed by atoms with E-state index in [4.69, 9.17) is 4.52 Å². The molecular weight excluding hydrogens is 242 g/mol. The molecule has 5 heteroatoms. The number of nitrogens with zero attached hydrogens (tertiary/aromatic N) is 3. The molecule has 0 amide bonds. The van der Waals surface area contributed by atoms with Gasteiger partial charge in [0, 0.05) is 38.3 Å². The third kappa shape index (κ3) is 4.03. The van der Waals surface area contributed by atoms with Gasteiger partial charge in [-0.3, -0.25) is 9.80 Å². The Morgan fingerprint density at radius 3 is 2.89 bits per heavy atom. The van der Waals surface area contributed by atoms with Crippen LogP contribution in [0.1, 0.15) is 31.7 Å². The van der Waals surface area contributed by atoms with E-state index in [0.29, 0.717) is 6.04 Å². The van der Waals surface area contributed by atoms with Crippen molar-refractivity contribution in [1.29, 1.82) is 0 Å². The second-order valence-corrected chi connectivity index (χ2v) is 5.58. The van der Waals surface area contributed by atoms with Crippen molar-refractivity contribution in [3.05, 3.63) is 17.5 Å². The lowest BCUT2D eigenvalue weighted by molar-refractivity contribution is 0.0308. The van der Waals surface area contributed by atoms with Crippen molar-refractivity contribution >= 4 is 0 Å². The molecule has 0 aromatic carbocycles. The number of aromatic nitrogens is 1. The first-order valence-electron chi connectivity index (χ1n) is 7.15. The van der Waals surface area contributed by atoms with Gasteiger partial charge in [-0.05, 0) is 20.3 Å². The quantitative estimate of drug-likeness (QED) is 0.870. The summed E-state index contributed by atoms with van der Waals surface area (Å²) in [7, 11) is 0. The second kappa shape index (κ2) is 6.50. The zero-order chi connectivity index (χ0) is 13.8. The second-order valence-electron chi connectivity index (χ2n) is 5.58. The summed E-state index contributed by atoms with van der Waals surface area (Å²) in [5.41, 5.74) is 0.940. The number of hydrogen-bond donors (Lipinski definition) is 1. The molecule has 0 bridgehead atoms. The molecule has 1 aliphatic rings. The normalized spacial score (nSPS) is 23.7. The molecule has 1 N–H and O–H groups in total. The van der Waals surface area contributed by atoms with E-state index in [1.165, 1.54) is 0 Å². The van der Waals surface area contributed by atoms with Crippen LogP contribution in [0.15, 0.2) is 10.6 Å². The zero-order valence-corrected chi connectivity index (χ0v) is 12.2. The average molecular weight is 267 g/mol. The fourth-order valence-corrected chi connectivity index (χ4v) is 2.78. The van der Waals surface area contributed by atoms with Crippen molar-refractivity contribution in [2.45, 2.75) is 45.9 Å². The van der Waals surface area contributed by atoms with Gasteiger partial charge in [0.25, 0.3) is 0 Å². The Labute approximate surface area is 115 Å². The Morgan fingerprint density at radius 2 is 2.32 bits per heavy atom. The molecule has 0 unspecified atom stereocenters. The van der Waals surface area contributed by atoms with Crippen LogP contribution in [0.4, 0.5) is 0 Å². The molecule has 2 rings (SSSR count). The molecule has 0 aliphatic carbocycles. The molecule has 108 valence electrons. The van der Waals surface area contributed by atoms with Crippen LogP contribution in [0.5, 0.6) is 0 Å². The number of rotatable bonds is 5. The first-order chi connectivity index (χ1) is 9.08. The highest BCUT2D eigenvalue weighted by Crippen LogP contribution is 2.16. The Kier molecular flexibility index (Phi) is 4.96. The van der Waals surface area contributed by atoms with E-state index >= 15 is 0 Å². The minimum atomic E-state index is -0.252. The zero-order valence-electron chi connectivity index (χ0n) is 12.2. The molecule has 19 heavy (non-hydrogen) atoms. The Hall–Kier alpha value is -0.910. The summed E-state index contributed by atoms with van der Waals surface area (Å²) < 4.78 is 5.28. The lowest BCUT2D eigenvalue weighted by Crippen LogP contribution is -2.54. The van der Waals surface area contributed by atoms with E-state index in [9.17, 15) is 5.11 Å². The highest BCUT2D eigenvalue weighted by molar-refractivity contribution is 5.03. The van der Waals surface area contributed by atoms with Crippen molar-refractivity contribution < 1.29 is 9.63 Å². The number of aliphatic hydroxyl groups excluding tert-OH is 1. The van der Waals surface area contributed by atoms with Gasteiger partial charge in [-0.1, -0.05) is 12.1 Å². The summed E-state index contributed by atoms with van der Waals surface area (Å²) in [6, 6.07) is 2.52. The van der Waals surface area contributed by atoms with Gasteiger partial charge in [0.2, 0.25) is 0 Å². The molecule has 0 radical (unpaired) electrons. The highest BCUT2D eigenvalue weighted by Gasteiger charge is 2.26. The van der Waals surface area contributed by atoms with Crippen LogP contribution in [0.2, 0.25) is 0 Å². The lowest BCUT2D eigenvalue weighted by Gasteiger charge is -2.41. The van der Waals surface area contributed by atoms with Gasteiger partial charge in [-0.15, -0.1) is 0 Å². The summed E-state index contributed by atoms with van der Waals surface area (Å²) >= 11 is 0. The smallest absolute Gasteiger partial charge is 0.150 e. The van der Waals surface area contributed by atoms with Gasteiger partial charge in [0.15, 0.2) is 5.76 Å². The molecule has 2 heterocycles. The van der Waals surface area contributed by atoms with Crippen molar-refractivity contribution in [2.75, 3.05) is 26.2 Å². The number of aryl methyl sites for hydroxylation is 1. The maximum atomic E-state index is 9.54. The molecule has 1 fully saturated rings. The topological polar surface area (TPSA) is 52.7 Å². The Balaban J connectivity index is 1.89. The summed E-state index contributed by atoms with van der Waals surface area (Å²) in [5.74, 6) is 0.941. The van der Waals surface area contributed by atoms with Gasteiger partial charge in [0.1, 0.15) is 0 Å². The molecule has 1 aromatic rings. The predicted molar refractivity (Wildman–Crippen MR) is 73.8 cm³/mol. The van der Waals surface area contributed by atoms with Crippen LogP contribution in [0.25, 0.3) is 0 Å². The van der Waals surface area contributed by atoms with E-state index in [1.54, 1.807) is 0 Å². The minimum absolute atomic E-state index is 0.252. The van der Waals surface area contributed by atoms with E-state index < -0.39 is 0 Å². The van der Waals surface area contributed by atoms with Crippen LogP contribution in [0, 0.1) is 6.92 Å². The van der Waals surface area contributed by atoms with Crippen molar-refractivity contribution in [1.82, 2.24) is 15.0 Å². The van der Waals surface area contributed by atoms with Crippen LogP contribution in [-0.2, 0) is 6.54 Å². The van der Waals surface area contributed by atoms with Crippen molar-refractivity contribution in [3.63, 3.8) is 0 Å². The predicted octanol–water partition coefficient (Wildman–Crippen LogP) is 1.26. The van der Waals surface area contributed by atoms with Crippen molar-refractivity contribution in [3.8, 4) is 0 Å². The number of β-amino-alcohol motifs (C(OH)–C–C–N with tert-alkyl or cyclic N) is 1. The molecule has 1 aliphatic heterocycles. The molecular formula is C14H25N3O2. The first kappa shape index (κ1) is 14.5. The Bertz CT molecular complexity index is 392. The van der Waals surface area contributed by atoms with Crippen LogP contribution in [-0.4, -0.2) is 58.4 Å². The summed E-state index contributed by atoms with van der Waals surface area (Å²) in [5, 5.41) is 13.5. The van der Waals surface area contributed by atoms with Gasteiger partial charge in [0.05, 0.1) is 18.3 Å². The maximum Gasteiger partial charge on any atom is 0.150 e. The standard InChI is InChI=1S/C14H25N3O2/c1-4-13-9-16(5-6-17(13)8-12(3)18)10-14-7-11(2)15-19-14/h7,12-13,18H,4-6,8-10H2,1-3H3/t12-,13-/m0/s1. The SMILES string of the molecule is CC[C@H]1CN(Cc2cc(C)no2)CCN1C[C@H](C)O. The minimum Gasteiger partial charge on any atom is -0.392 e. The molecule has 1 saturated heterocycles. The van der Waals surface area contributed by atoms with Gasteiger partial charge in [-0.2, -0.15) is 0 Å². The third-order valence-electron chi connectivity index (χ3n) is 3.71. The first-order valence-corrected chi connectivity index (χ1v) is 7.15. The monoisotopic (exact) mass is 267 g/mol. The molecule has 1 aromatic heterocycles. The third-order valence-corrected chi connectivity index (χ3v) is 3.71.